The van der Waals surface area contributed by atoms with Gasteiger partial charge in [0.25, 0.3) is 18.7 Å². The number of alkyl halides is 1. The molecule has 1 aromatic heterocycles. The van der Waals surface area contributed by atoms with E-state index in [-0.39, 0.29) is 33.9 Å². The first-order chi connectivity index (χ1) is 18.2. The van der Waals surface area contributed by atoms with Gasteiger partial charge in [-0.05, 0) is 0 Å². The number of carboxylic acids is 1. The predicted octanol–water partition coefficient (Wildman–Crippen LogP) is -1.74. The maximum atomic E-state index is 12.9. The van der Waals surface area contributed by atoms with Gasteiger partial charge in [0.1, 0.15) is 17.1 Å². The molecule has 16 nitrogen and oxygen atoms in total. The van der Waals surface area contributed by atoms with Gasteiger partial charge in [0.15, 0.2) is 5.13 Å². The van der Waals surface area contributed by atoms with Crippen LogP contribution in [0.4, 0.5) is 9.52 Å². The van der Waals surface area contributed by atoms with Crippen LogP contribution >= 0.6 is 23.3 Å². The fourth-order valence-corrected chi connectivity index (χ4v) is 5.58. The number of carbonyl (C=O) groups excluding carboxylic acids is 2. The standard InChI is InChI=1S/C19H24FN11O5S2/c1-29(19(22)30-4-2-23-3-5-30)24-6-9-7-37-16-11(15(33)31(16)12(9)17(34)35)25-14(32)10(27-36-8-20)13-26-18(21)38-28-13/h6,11,16,22-23H,2-5,7-8H2,1H3,(H,25,32)(H,34,35)(H2,21,26,28)/t11-,16-/m1/s1. The number of oxime groups is 1. The highest BCUT2D eigenvalue weighted by Crippen LogP contribution is 2.40. The van der Waals surface area contributed by atoms with Crippen molar-refractivity contribution in [2.24, 2.45) is 10.3 Å². The molecule has 0 aliphatic carbocycles. The highest BCUT2D eigenvalue weighted by molar-refractivity contribution is 8.00. The molecule has 0 radical (unpaired) electrons. The van der Waals surface area contributed by atoms with E-state index in [1.807, 2.05) is 4.90 Å². The lowest BCUT2D eigenvalue weighted by Gasteiger charge is -2.49. The molecule has 3 aliphatic rings. The van der Waals surface area contributed by atoms with Gasteiger partial charge >= 0.3 is 5.97 Å². The second-order valence-corrected chi connectivity index (χ2v) is 9.89. The molecule has 38 heavy (non-hydrogen) atoms. The summed E-state index contributed by atoms with van der Waals surface area (Å²) in [5, 5.41) is 32.1. The normalized spacial score (nSPS) is 21.7. The van der Waals surface area contributed by atoms with Crippen molar-refractivity contribution in [3.63, 3.8) is 0 Å². The van der Waals surface area contributed by atoms with Gasteiger partial charge in [-0.1, -0.05) is 5.16 Å². The first-order valence-electron chi connectivity index (χ1n) is 11.1. The smallest absolute Gasteiger partial charge is 0.353 e. The topological polar surface area (TPSA) is 215 Å². The molecule has 2 amide bonds. The number of piperazine rings is 1. The van der Waals surface area contributed by atoms with Gasteiger partial charge in [0.2, 0.25) is 17.5 Å². The lowest BCUT2D eigenvalue weighted by molar-refractivity contribution is -0.150. The van der Waals surface area contributed by atoms with Crippen LogP contribution in [0.5, 0.6) is 0 Å². The second-order valence-electron chi connectivity index (χ2n) is 8.00. The number of nitrogens with zero attached hydrogens (tertiary/aromatic N) is 7. The number of hydrogen-bond acceptors (Lipinski definition) is 13. The fourth-order valence-electron chi connectivity index (χ4n) is 3.85. The maximum absolute atomic E-state index is 12.9. The van der Waals surface area contributed by atoms with Gasteiger partial charge in [-0.2, -0.15) is 14.5 Å². The van der Waals surface area contributed by atoms with E-state index in [0.29, 0.717) is 13.1 Å². The van der Waals surface area contributed by atoms with E-state index >= 15 is 0 Å². The zero-order valence-corrected chi connectivity index (χ0v) is 21.6. The SMILES string of the molecule is CN(N=CC1=C(C(=O)O)N2C(=O)[C@@H](NC(=O)C(=NOCF)c3nsc(N)n3)[C@H]2SC1)C(=N)N1CCNCC1. The van der Waals surface area contributed by atoms with Crippen molar-refractivity contribution < 1.29 is 28.7 Å². The van der Waals surface area contributed by atoms with E-state index in [9.17, 15) is 23.9 Å². The fraction of sp³-hybridized carbons (Fsp3) is 0.474. The number of aliphatic carboxylic acids is 1. The van der Waals surface area contributed by atoms with E-state index in [1.54, 1.807) is 7.05 Å². The first kappa shape index (κ1) is 27.2. The minimum absolute atomic E-state index is 0.0358. The van der Waals surface area contributed by atoms with Gasteiger partial charge in [-0.25, -0.2) is 14.2 Å². The molecule has 3 aliphatic heterocycles. The predicted molar refractivity (Wildman–Crippen MR) is 136 cm³/mol. The quantitative estimate of drug-likeness (QED) is 0.102. The summed E-state index contributed by atoms with van der Waals surface area (Å²) in [6.45, 7) is 1.46. The summed E-state index contributed by atoms with van der Waals surface area (Å²) in [6, 6.07) is -1.09. The number of carbonyl (C=O) groups is 3. The molecule has 0 bridgehead atoms. The number of thioether (sulfide) groups is 1. The molecular formula is C19H24FN11O5S2. The van der Waals surface area contributed by atoms with E-state index in [1.165, 1.54) is 23.0 Å². The van der Waals surface area contributed by atoms with Crippen LogP contribution in [0, 0.1) is 5.41 Å². The minimum atomic E-state index is -1.34. The van der Waals surface area contributed by atoms with Gasteiger partial charge in [-0.3, -0.25) is 19.9 Å². The Bertz CT molecular complexity index is 1220. The molecule has 0 aromatic carbocycles. The average molecular weight is 570 g/mol. The summed E-state index contributed by atoms with van der Waals surface area (Å²) in [7, 11) is 1.58. The number of nitrogens with two attached hydrogens (primary N) is 1. The highest BCUT2D eigenvalue weighted by Gasteiger charge is 2.54. The van der Waals surface area contributed by atoms with Gasteiger partial charge in [0.05, 0.1) is 6.21 Å². The summed E-state index contributed by atoms with van der Waals surface area (Å²) in [5.41, 5.74) is 5.06. The largest absolute Gasteiger partial charge is 0.477 e. The molecular weight excluding hydrogens is 545 g/mol. The number of hydrazone groups is 1. The van der Waals surface area contributed by atoms with Gasteiger partial charge in [0, 0.05) is 56.1 Å². The molecule has 2 saturated heterocycles. The second kappa shape index (κ2) is 11.7. The molecule has 204 valence electrons. The number of β-lactam (4-membered cyclic amide) rings is 1. The van der Waals surface area contributed by atoms with Crippen molar-refractivity contribution in [1.29, 1.82) is 5.41 Å². The molecule has 2 atom stereocenters. The molecule has 19 heteroatoms. The molecule has 2 fully saturated rings. The molecule has 0 saturated carbocycles. The van der Waals surface area contributed by atoms with Crippen LogP contribution in [0.25, 0.3) is 0 Å². The molecule has 0 unspecified atom stereocenters. The maximum Gasteiger partial charge on any atom is 0.353 e. The van der Waals surface area contributed by atoms with Crippen molar-refractivity contribution >= 4 is 64.1 Å². The lowest BCUT2D eigenvalue weighted by atomic mass is 10.0. The molecule has 1 aromatic rings. The van der Waals surface area contributed by atoms with Gasteiger partial charge < -0.3 is 31.2 Å². The molecule has 0 spiro atoms. The third-order valence-corrected chi connectivity index (χ3v) is 7.51. The Morgan fingerprint density at radius 3 is 2.82 bits per heavy atom. The Morgan fingerprint density at radius 1 is 1.45 bits per heavy atom. The molecule has 4 heterocycles. The first-order valence-corrected chi connectivity index (χ1v) is 12.9. The number of hydrogen-bond donors (Lipinski definition) is 5. The number of nitrogens with one attached hydrogen (secondary N) is 3. The number of aromatic nitrogens is 2. The van der Waals surface area contributed by atoms with E-state index < -0.39 is 41.8 Å². The number of anilines is 1. The summed E-state index contributed by atoms with van der Waals surface area (Å²) in [5.74, 6) is -2.80. The van der Waals surface area contributed by atoms with E-state index in [0.717, 1.165) is 29.5 Å². The molecule has 4 rings (SSSR count). The van der Waals surface area contributed by atoms with Crippen LogP contribution in [-0.4, -0.2) is 122 Å². The summed E-state index contributed by atoms with van der Waals surface area (Å²) >= 11 is 2.00. The van der Waals surface area contributed by atoms with Crippen molar-refractivity contribution in [1.82, 2.24) is 34.8 Å². The summed E-state index contributed by atoms with van der Waals surface area (Å²) < 4.78 is 16.3. The number of fused-ring (bicyclic) bond motifs is 1. The van der Waals surface area contributed by atoms with Crippen LogP contribution in [0.3, 0.4) is 0 Å². The number of nitrogen functional groups attached to an aromatic ring is 1. The lowest BCUT2D eigenvalue weighted by Crippen LogP contribution is -2.71. The Morgan fingerprint density at radius 2 is 2.18 bits per heavy atom. The van der Waals surface area contributed by atoms with Crippen LogP contribution < -0.4 is 16.4 Å². The summed E-state index contributed by atoms with van der Waals surface area (Å²) in [4.78, 5) is 48.9. The number of rotatable bonds is 8. The number of carboxylic acid groups (broad SMARTS) is 1. The third kappa shape index (κ3) is 5.53. The number of guanidine groups is 1. The Kier molecular flexibility index (Phi) is 8.37. The number of amides is 2. The Labute approximate surface area is 223 Å². The van der Waals surface area contributed by atoms with Gasteiger partial charge in [-0.15, -0.1) is 11.8 Å². The summed E-state index contributed by atoms with van der Waals surface area (Å²) in [6.07, 6.45) is 1.32. The van der Waals surface area contributed by atoms with Crippen molar-refractivity contribution in [3.8, 4) is 0 Å². The Hall–Kier alpha value is -3.84. The zero-order chi connectivity index (χ0) is 27.4. The monoisotopic (exact) mass is 569 g/mol. The van der Waals surface area contributed by atoms with Crippen molar-refractivity contribution in [2.45, 2.75) is 11.4 Å². The molecule has 6 N–H and O–H groups in total. The van der Waals surface area contributed by atoms with Crippen molar-refractivity contribution in [3.05, 3.63) is 17.1 Å². The average Bonchev–Trinajstić information content (AvgIpc) is 3.35. The van der Waals surface area contributed by atoms with E-state index in [4.69, 9.17) is 11.1 Å². The van der Waals surface area contributed by atoms with Crippen LogP contribution in [0.1, 0.15) is 5.82 Å². The van der Waals surface area contributed by atoms with Crippen LogP contribution in [0.2, 0.25) is 0 Å². The van der Waals surface area contributed by atoms with E-state index in [2.05, 4.69) is 35.1 Å². The minimum Gasteiger partial charge on any atom is -0.477 e. The third-order valence-electron chi connectivity index (χ3n) is 5.67. The van der Waals surface area contributed by atoms with Crippen LogP contribution in [-0.2, 0) is 19.2 Å². The zero-order valence-electron chi connectivity index (χ0n) is 20.0. The van der Waals surface area contributed by atoms with Crippen molar-refractivity contribution in [2.75, 3.05) is 51.6 Å². The highest BCUT2D eigenvalue weighted by atomic mass is 32.2. The Balaban J connectivity index is 1.47. The van der Waals surface area contributed by atoms with Crippen LogP contribution in [0.15, 0.2) is 21.5 Å². The number of halogens is 1.